The molecule has 1 aromatic rings. The van der Waals surface area contributed by atoms with Crippen LogP contribution in [0.4, 0.5) is 0 Å². The molecule has 0 aliphatic carbocycles. The van der Waals surface area contributed by atoms with Crippen molar-refractivity contribution in [1.82, 2.24) is 0 Å². The maximum absolute atomic E-state index is 10.8. The van der Waals surface area contributed by atoms with Crippen LogP contribution >= 0.6 is 15.9 Å². The number of aromatic carboxylic acids is 1. The molecular formula is C11H8BrN3O2. The Kier molecular flexibility index (Phi) is 5.08. The third-order valence-corrected chi connectivity index (χ3v) is 2.24. The van der Waals surface area contributed by atoms with E-state index in [4.69, 9.17) is 10.6 Å². The molecule has 0 fully saturated rings. The number of rotatable bonds is 3. The standard InChI is InChI=1S/C11H8BrN3O2/c12-10-6-8(3-1-2-4-14-15-13)5-9(7-10)11(16)17/h5-7H,2,4H2,(H,16,17). The lowest BCUT2D eigenvalue weighted by molar-refractivity contribution is 0.0697. The highest BCUT2D eigenvalue weighted by atomic mass is 79.9. The molecule has 0 saturated heterocycles. The lowest BCUT2D eigenvalue weighted by Gasteiger charge is -1.97. The van der Waals surface area contributed by atoms with E-state index in [-0.39, 0.29) is 5.56 Å². The van der Waals surface area contributed by atoms with Crippen molar-refractivity contribution in [3.63, 3.8) is 0 Å². The highest BCUT2D eigenvalue weighted by molar-refractivity contribution is 9.10. The van der Waals surface area contributed by atoms with Crippen molar-refractivity contribution in [2.45, 2.75) is 6.42 Å². The second-order valence-electron chi connectivity index (χ2n) is 3.04. The predicted octanol–water partition coefficient (Wildman–Crippen LogP) is 3.20. The molecule has 5 nitrogen and oxygen atoms in total. The SMILES string of the molecule is [N-]=[N+]=NCCC#Cc1cc(Br)cc(C(=O)O)c1. The largest absolute Gasteiger partial charge is 0.478 e. The molecule has 0 aliphatic rings. The molecule has 1 aromatic carbocycles. The molecule has 1 rings (SSSR count). The first-order chi connectivity index (χ1) is 8.13. The van der Waals surface area contributed by atoms with Crippen LogP contribution in [-0.4, -0.2) is 17.6 Å². The number of carbonyl (C=O) groups is 1. The van der Waals surface area contributed by atoms with Gasteiger partial charge in [-0.05, 0) is 23.7 Å². The number of carboxylic acid groups (broad SMARTS) is 1. The number of hydrogen-bond donors (Lipinski definition) is 1. The van der Waals surface area contributed by atoms with Crippen molar-refractivity contribution >= 4 is 21.9 Å². The minimum atomic E-state index is -0.997. The minimum Gasteiger partial charge on any atom is -0.478 e. The Morgan fingerprint density at radius 3 is 2.94 bits per heavy atom. The molecule has 0 radical (unpaired) electrons. The molecule has 1 N–H and O–H groups in total. The first-order valence-electron chi connectivity index (χ1n) is 4.67. The summed E-state index contributed by atoms with van der Waals surface area (Å²) in [7, 11) is 0. The Morgan fingerprint density at radius 2 is 2.29 bits per heavy atom. The van der Waals surface area contributed by atoms with Gasteiger partial charge in [0, 0.05) is 27.9 Å². The summed E-state index contributed by atoms with van der Waals surface area (Å²) < 4.78 is 0.664. The van der Waals surface area contributed by atoms with Crippen molar-refractivity contribution in [2.24, 2.45) is 5.11 Å². The average molecular weight is 294 g/mol. The molecule has 0 bridgehead atoms. The summed E-state index contributed by atoms with van der Waals surface area (Å²) in [5, 5.41) is 12.2. The number of halogens is 1. The van der Waals surface area contributed by atoms with E-state index in [1.54, 1.807) is 6.07 Å². The highest BCUT2D eigenvalue weighted by Crippen LogP contribution is 2.15. The maximum atomic E-state index is 10.8. The van der Waals surface area contributed by atoms with Gasteiger partial charge in [-0.1, -0.05) is 32.9 Å². The number of azide groups is 1. The van der Waals surface area contributed by atoms with Gasteiger partial charge < -0.3 is 5.11 Å². The van der Waals surface area contributed by atoms with Crippen molar-refractivity contribution in [3.05, 3.63) is 44.2 Å². The van der Waals surface area contributed by atoms with E-state index in [2.05, 4.69) is 37.8 Å². The number of nitrogens with zero attached hydrogens (tertiary/aromatic N) is 3. The fourth-order valence-corrected chi connectivity index (χ4v) is 1.59. The summed E-state index contributed by atoms with van der Waals surface area (Å²) in [6.45, 7) is 0.309. The molecule has 0 atom stereocenters. The van der Waals surface area contributed by atoms with Gasteiger partial charge in [-0.15, -0.1) is 0 Å². The fraction of sp³-hybridized carbons (Fsp3) is 0.182. The summed E-state index contributed by atoms with van der Waals surface area (Å²) in [6.07, 6.45) is 0.443. The third-order valence-electron chi connectivity index (χ3n) is 1.78. The molecule has 0 saturated carbocycles. The van der Waals surface area contributed by atoms with Crippen molar-refractivity contribution in [2.75, 3.05) is 6.54 Å². The van der Waals surface area contributed by atoms with E-state index in [0.717, 1.165) is 0 Å². The topological polar surface area (TPSA) is 86.1 Å². The number of carboxylic acids is 1. The van der Waals surface area contributed by atoms with Gasteiger partial charge in [0.15, 0.2) is 0 Å². The third kappa shape index (κ3) is 4.60. The lowest BCUT2D eigenvalue weighted by atomic mass is 10.1. The number of hydrogen-bond acceptors (Lipinski definition) is 2. The van der Waals surface area contributed by atoms with Crippen LogP contribution in [0.1, 0.15) is 22.3 Å². The molecule has 86 valence electrons. The van der Waals surface area contributed by atoms with Crippen molar-refractivity contribution in [1.29, 1.82) is 0 Å². The van der Waals surface area contributed by atoms with Crippen LogP contribution in [0.3, 0.4) is 0 Å². The highest BCUT2D eigenvalue weighted by Gasteiger charge is 2.04. The minimum absolute atomic E-state index is 0.179. The van der Waals surface area contributed by atoms with Crippen LogP contribution in [0, 0.1) is 11.8 Å². The first kappa shape index (κ1) is 13.1. The Labute approximate surface area is 106 Å². The second-order valence-corrected chi connectivity index (χ2v) is 3.96. The maximum Gasteiger partial charge on any atom is 0.335 e. The number of benzene rings is 1. The van der Waals surface area contributed by atoms with Crippen molar-refractivity contribution in [3.8, 4) is 11.8 Å². The van der Waals surface area contributed by atoms with Gasteiger partial charge in [0.2, 0.25) is 0 Å². The molecule has 0 unspecified atom stereocenters. The second kappa shape index (κ2) is 6.59. The molecule has 0 aliphatic heterocycles. The zero-order valence-electron chi connectivity index (χ0n) is 8.72. The van der Waals surface area contributed by atoms with Gasteiger partial charge in [0.25, 0.3) is 0 Å². The average Bonchev–Trinajstić information content (AvgIpc) is 2.28. The van der Waals surface area contributed by atoms with Gasteiger partial charge in [0.05, 0.1) is 5.56 Å². The lowest BCUT2D eigenvalue weighted by Crippen LogP contribution is -1.96. The molecule has 0 amide bonds. The summed E-state index contributed by atoms with van der Waals surface area (Å²) in [5.74, 6) is 4.62. The summed E-state index contributed by atoms with van der Waals surface area (Å²) in [4.78, 5) is 13.4. The smallest absolute Gasteiger partial charge is 0.335 e. The van der Waals surface area contributed by atoms with Crippen LogP contribution in [0.15, 0.2) is 27.8 Å². The quantitative estimate of drug-likeness (QED) is 0.305. The van der Waals surface area contributed by atoms with Crippen LogP contribution in [-0.2, 0) is 0 Å². The summed E-state index contributed by atoms with van der Waals surface area (Å²) in [5.41, 5.74) is 8.84. The zero-order chi connectivity index (χ0) is 12.7. The molecule has 17 heavy (non-hydrogen) atoms. The fourth-order valence-electron chi connectivity index (χ4n) is 1.10. The molecule has 0 spiro atoms. The Bertz CT molecular complexity index is 539. The van der Waals surface area contributed by atoms with E-state index in [9.17, 15) is 4.79 Å². The first-order valence-corrected chi connectivity index (χ1v) is 5.46. The van der Waals surface area contributed by atoms with E-state index in [1.807, 2.05) is 0 Å². The van der Waals surface area contributed by atoms with E-state index in [0.29, 0.717) is 23.0 Å². The van der Waals surface area contributed by atoms with Crippen LogP contribution in [0.5, 0.6) is 0 Å². The Morgan fingerprint density at radius 1 is 1.53 bits per heavy atom. The van der Waals surface area contributed by atoms with Gasteiger partial charge in [-0.25, -0.2) is 4.79 Å². The van der Waals surface area contributed by atoms with Gasteiger partial charge in [-0.2, -0.15) is 0 Å². The molecule has 0 heterocycles. The van der Waals surface area contributed by atoms with Crippen LogP contribution in [0.2, 0.25) is 0 Å². The van der Waals surface area contributed by atoms with Gasteiger partial charge in [0.1, 0.15) is 0 Å². The van der Waals surface area contributed by atoms with Crippen LogP contribution < -0.4 is 0 Å². The van der Waals surface area contributed by atoms with Crippen LogP contribution in [0.25, 0.3) is 10.4 Å². The van der Waals surface area contributed by atoms with E-state index >= 15 is 0 Å². The predicted molar refractivity (Wildman–Crippen MR) is 66.6 cm³/mol. The monoisotopic (exact) mass is 293 g/mol. The van der Waals surface area contributed by atoms with E-state index in [1.165, 1.54) is 12.1 Å². The Balaban J connectivity index is 2.83. The normalized spacial score (nSPS) is 8.76. The summed E-state index contributed by atoms with van der Waals surface area (Å²) in [6, 6.07) is 4.73. The van der Waals surface area contributed by atoms with Crippen molar-refractivity contribution < 1.29 is 9.90 Å². The Hall–Kier alpha value is -1.96. The van der Waals surface area contributed by atoms with Gasteiger partial charge >= 0.3 is 5.97 Å². The zero-order valence-corrected chi connectivity index (χ0v) is 10.3. The van der Waals surface area contributed by atoms with E-state index < -0.39 is 5.97 Å². The summed E-state index contributed by atoms with van der Waals surface area (Å²) >= 11 is 3.22. The molecule has 6 heteroatoms. The molecule has 0 aromatic heterocycles. The van der Waals surface area contributed by atoms with Gasteiger partial charge in [-0.3, -0.25) is 0 Å². The molecular weight excluding hydrogens is 286 g/mol.